The maximum absolute atomic E-state index is 5.64. The monoisotopic (exact) mass is 861 g/mol. The van der Waals surface area contributed by atoms with Crippen LogP contribution in [0.2, 0.25) is 0 Å². The van der Waals surface area contributed by atoms with Crippen LogP contribution >= 0.6 is 11.3 Å². The zero-order valence-corrected chi connectivity index (χ0v) is 37.1. The minimum absolute atomic E-state index is 0.649. The number of aromatic nitrogens is 3. The number of rotatable bonds is 7. The van der Waals surface area contributed by atoms with Gasteiger partial charge in [-0.15, -0.1) is 11.3 Å². The average molecular weight is 862 g/mol. The smallest absolute Gasteiger partial charge is 0.235 e. The van der Waals surface area contributed by atoms with Gasteiger partial charge in [-0.3, -0.25) is 4.57 Å². The summed E-state index contributed by atoms with van der Waals surface area (Å²) in [7, 11) is -2.80. The van der Waals surface area contributed by atoms with Crippen LogP contribution in [-0.4, -0.2) is 22.6 Å². The highest BCUT2D eigenvalue weighted by Gasteiger charge is 2.41. The van der Waals surface area contributed by atoms with Gasteiger partial charge in [0, 0.05) is 41.9 Å². The molecule has 10 aromatic carbocycles. The van der Waals surface area contributed by atoms with Crippen molar-refractivity contribution < 1.29 is 0 Å². The molecule has 0 saturated heterocycles. The minimum Gasteiger partial charge on any atom is -0.278 e. The van der Waals surface area contributed by atoms with Gasteiger partial charge in [-0.1, -0.05) is 194 Å². The highest BCUT2D eigenvalue weighted by molar-refractivity contribution is 7.25. The lowest BCUT2D eigenvalue weighted by Gasteiger charge is -2.34. The van der Waals surface area contributed by atoms with Gasteiger partial charge in [0.2, 0.25) is 5.95 Å². The van der Waals surface area contributed by atoms with Crippen LogP contribution in [0, 0.1) is 0 Å². The van der Waals surface area contributed by atoms with E-state index >= 15 is 0 Å². The van der Waals surface area contributed by atoms with Crippen LogP contribution in [0.25, 0.3) is 92.0 Å². The summed E-state index contributed by atoms with van der Waals surface area (Å²) < 4.78 is 4.91. The molecule has 13 aromatic rings. The van der Waals surface area contributed by atoms with Crippen molar-refractivity contribution in [3.63, 3.8) is 0 Å². The summed E-state index contributed by atoms with van der Waals surface area (Å²) in [6.07, 6.45) is 0. The van der Waals surface area contributed by atoms with Crippen LogP contribution in [0.5, 0.6) is 0 Å². The fourth-order valence-electron chi connectivity index (χ4n) is 10.4. The van der Waals surface area contributed by atoms with Crippen LogP contribution in [0.3, 0.4) is 0 Å². The van der Waals surface area contributed by atoms with Gasteiger partial charge in [0.1, 0.15) is 0 Å². The molecule has 0 fully saturated rings. The molecule has 0 unspecified atom stereocenters. The zero-order valence-electron chi connectivity index (χ0n) is 35.3. The summed E-state index contributed by atoms with van der Waals surface area (Å²) >= 11 is 1.86. The van der Waals surface area contributed by atoms with E-state index < -0.39 is 8.07 Å². The Morgan fingerprint density at radius 3 is 1.66 bits per heavy atom. The molecule has 0 N–H and O–H groups in total. The van der Waals surface area contributed by atoms with Crippen molar-refractivity contribution in [2.24, 2.45) is 0 Å². The number of thiophene rings is 1. The Morgan fingerprint density at radius 2 is 0.923 bits per heavy atom. The third-order valence-electron chi connectivity index (χ3n) is 13.3. The number of nitrogens with zero attached hydrogens (tertiary/aromatic N) is 3. The van der Waals surface area contributed by atoms with Crippen molar-refractivity contribution in [3.8, 4) is 28.3 Å². The molecule has 13 rings (SSSR count). The SMILES string of the molecule is c1ccc([Si](c2ccccc2)(c2ccccc2)c2cccc(-c3nc(-n4c5ccc(-c6ccc7sc8ccccc8c7c6)cc5c5c6ccccc6ccc54)nc4ccccc34)c2)cc1. The summed E-state index contributed by atoms with van der Waals surface area (Å²) in [5, 5.41) is 13.7. The van der Waals surface area contributed by atoms with Crippen molar-refractivity contribution in [3.05, 3.63) is 237 Å². The van der Waals surface area contributed by atoms with Gasteiger partial charge in [0.25, 0.3) is 0 Å². The Hall–Kier alpha value is -7.96. The lowest BCUT2D eigenvalue weighted by molar-refractivity contribution is 1.01. The van der Waals surface area contributed by atoms with E-state index in [0.717, 1.165) is 33.2 Å². The number of para-hydroxylation sites is 1. The molecule has 3 heterocycles. The standard InChI is InChI=1S/C60H39N3SSi/c1-4-19-44(20-5-1)65(45-21-6-2-7-22-45,46-23-8-3-9-24-46)47-25-16-18-43(37-47)59-50-28-12-14-29-53(50)61-60(62-59)63-54-34-32-41(39-52(54)58-48-26-11-10-17-40(48)31-35-55(58)63)42-33-36-57-51(38-42)49-27-13-15-30-56(49)64-57/h1-39H. The Bertz CT molecular complexity index is 3860. The molecule has 0 spiro atoms. The molecule has 0 saturated carbocycles. The van der Waals surface area contributed by atoms with Gasteiger partial charge in [-0.2, -0.15) is 0 Å². The fraction of sp³-hybridized carbons (Fsp3) is 0. The second-order valence-electron chi connectivity index (χ2n) is 16.9. The Balaban J connectivity index is 1.05. The Labute approximate surface area is 381 Å². The van der Waals surface area contributed by atoms with E-state index in [9.17, 15) is 0 Å². The van der Waals surface area contributed by atoms with E-state index in [1.807, 2.05) is 11.3 Å². The van der Waals surface area contributed by atoms with E-state index in [-0.39, 0.29) is 0 Å². The van der Waals surface area contributed by atoms with Crippen molar-refractivity contribution in [1.29, 1.82) is 0 Å². The second kappa shape index (κ2) is 15.1. The lowest BCUT2D eigenvalue weighted by Crippen LogP contribution is -2.74. The molecule has 0 atom stereocenters. The first kappa shape index (κ1) is 37.6. The average Bonchev–Trinajstić information content (AvgIpc) is 3.93. The molecule has 5 heteroatoms. The highest BCUT2D eigenvalue weighted by Crippen LogP contribution is 2.41. The Morgan fingerprint density at radius 1 is 0.354 bits per heavy atom. The first-order valence-corrected chi connectivity index (χ1v) is 25.0. The van der Waals surface area contributed by atoms with Crippen molar-refractivity contribution in [1.82, 2.24) is 14.5 Å². The van der Waals surface area contributed by atoms with E-state index in [4.69, 9.17) is 9.97 Å². The summed E-state index contributed by atoms with van der Waals surface area (Å²) in [6, 6.07) is 86.7. The quantitative estimate of drug-likeness (QED) is 0.118. The summed E-state index contributed by atoms with van der Waals surface area (Å²) in [4.78, 5) is 11.0. The molecule has 3 aromatic heterocycles. The van der Waals surface area contributed by atoms with E-state index in [2.05, 4.69) is 241 Å². The van der Waals surface area contributed by atoms with Crippen LogP contribution in [0.1, 0.15) is 0 Å². The van der Waals surface area contributed by atoms with Crippen molar-refractivity contribution in [2.45, 2.75) is 0 Å². The molecule has 0 amide bonds. The molecule has 0 aliphatic heterocycles. The molecule has 0 aliphatic carbocycles. The van der Waals surface area contributed by atoms with Gasteiger partial charge in [0.05, 0.1) is 22.2 Å². The molecular weight excluding hydrogens is 823 g/mol. The summed E-state index contributed by atoms with van der Waals surface area (Å²) in [5.41, 5.74) is 7.41. The normalized spacial score (nSPS) is 12.0. The van der Waals surface area contributed by atoms with Gasteiger partial charge in [-0.25, -0.2) is 9.97 Å². The minimum atomic E-state index is -2.80. The number of hydrogen-bond acceptors (Lipinski definition) is 3. The molecule has 3 nitrogen and oxygen atoms in total. The van der Waals surface area contributed by atoms with Crippen molar-refractivity contribution in [2.75, 3.05) is 0 Å². The van der Waals surface area contributed by atoms with E-state index in [0.29, 0.717) is 5.95 Å². The third-order valence-corrected chi connectivity index (χ3v) is 19.3. The van der Waals surface area contributed by atoms with Gasteiger partial charge >= 0.3 is 0 Å². The van der Waals surface area contributed by atoms with Gasteiger partial charge in [-0.05, 0) is 85.1 Å². The summed E-state index contributed by atoms with van der Waals surface area (Å²) in [5.74, 6) is 0.649. The van der Waals surface area contributed by atoms with Crippen LogP contribution in [0.4, 0.5) is 0 Å². The topological polar surface area (TPSA) is 30.7 Å². The Kier molecular flexibility index (Phi) is 8.73. The maximum Gasteiger partial charge on any atom is 0.235 e. The van der Waals surface area contributed by atoms with Gasteiger partial charge in [0.15, 0.2) is 8.07 Å². The number of benzene rings is 10. The lowest BCUT2D eigenvalue weighted by atomic mass is 9.99. The number of fused-ring (bicyclic) bond motifs is 9. The van der Waals surface area contributed by atoms with Crippen molar-refractivity contribution >= 4 is 104 Å². The third kappa shape index (κ3) is 5.94. The first-order valence-electron chi connectivity index (χ1n) is 22.1. The molecular formula is C60H39N3SSi. The summed E-state index contributed by atoms with van der Waals surface area (Å²) in [6.45, 7) is 0. The predicted octanol–water partition coefficient (Wildman–Crippen LogP) is 13.0. The fourth-order valence-corrected chi connectivity index (χ4v) is 16.3. The number of hydrogen-bond donors (Lipinski definition) is 0. The van der Waals surface area contributed by atoms with Crippen LogP contribution < -0.4 is 20.7 Å². The predicted molar refractivity (Wildman–Crippen MR) is 279 cm³/mol. The highest BCUT2D eigenvalue weighted by atomic mass is 32.1. The maximum atomic E-state index is 5.64. The second-order valence-corrected chi connectivity index (χ2v) is 21.8. The molecule has 304 valence electrons. The van der Waals surface area contributed by atoms with Gasteiger partial charge < -0.3 is 0 Å². The molecule has 65 heavy (non-hydrogen) atoms. The molecule has 0 bridgehead atoms. The van der Waals surface area contributed by atoms with Crippen LogP contribution in [-0.2, 0) is 0 Å². The molecule has 0 radical (unpaired) electrons. The molecule has 0 aliphatic rings. The van der Waals surface area contributed by atoms with Crippen LogP contribution in [0.15, 0.2) is 237 Å². The van der Waals surface area contributed by atoms with E-state index in [1.165, 1.54) is 73.6 Å². The largest absolute Gasteiger partial charge is 0.278 e. The first-order chi connectivity index (χ1) is 32.2. The van der Waals surface area contributed by atoms with E-state index in [1.54, 1.807) is 0 Å². The zero-order chi connectivity index (χ0) is 42.9.